The van der Waals surface area contributed by atoms with Crippen LogP contribution in [0.2, 0.25) is 0 Å². The van der Waals surface area contributed by atoms with E-state index in [0.29, 0.717) is 24.3 Å². The van der Waals surface area contributed by atoms with Crippen molar-refractivity contribution >= 4 is 17.3 Å². The van der Waals surface area contributed by atoms with Crippen LogP contribution in [0.4, 0.5) is 24.5 Å². The number of anilines is 2. The highest BCUT2D eigenvalue weighted by atomic mass is 19.4. The molecule has 3 aromatic carbocycles. The van der Waals surface area contributed by atoms with Crippen molar-refractivity contribution in [2.45, 2.75) is 19.6 Å². The van der Waals surface area contributed by atoms with Crippen LogP contribution in [0.1, 0.15) is 27.0 Å². The lowest BCUT2D eigenvalue weighted by Crippen LogP contribution is -2.46. The molecule has 1 N–H and O–H groups in total. The maximum absolute atomic E-state index is 13.4. The number of carbonyl (C=O) groups is 1. The van der Waals surface area contributed by atoms with Crippen LogP contribution in [0.5, 0.6) is 0 Å². The van der Waals surface area contributed by atoms with Crippen LogP contribution in [-0.2, 0) is 12.7 Å². The fourth-order valence-corrected chi connectivity index (χ4v) is 4.06. The highest BCUT2D eigenvalue weighted by Gasteiger charge is 2.32. The molecule has 0 spiro atoms. The maximum Gasteiger partial charge on any atom is 0.416 e. The first-order chi connectivity index (χ1) is 15.8. The molecule has 3 aromatic rings. The summed E-state index contributed by atoms with van der Waals surface area (Å²) in [5.74, 6) is -0.429. The number of nitrogens with zero attached hydrogens (tertiary/aromatic N) is 2. The largest absolute Gasteiger partial charge is 0.416 e. The van der Waals surface area contributed by atoms with Gasteiger partial charge in [0.1, 0.15) is 0 Å². The third-order valence-corrected chi connectivity index (χ3v) is 5.81. The second-order valence-corrected chi connectivity index (χ2v) is 8.30. The molecule has 0 saturated carbocycles. The molecule has 1 amide bonds. The minimum absolute atomic E-state index is 0.174. The van der Waals surface area contributed by atoms with Crippen LogP contribution >= 0.6 is 0 Å². The first-order valence-electron chi connectivity index (χ1n) is 10.9. The normalized spacial score (nSPS) is 14.8. The third-order valence-electron chi connectivity index (χ3n) is 5.81. The van der Waals surface area contributed by atoms with Gasteiger partial charge in [-0.05, 0) is 42.8 Å². The van der Waals surface area contributed by atoms with Crippen molar-refractivity contribution in [3.05, 3.63) is 95.1 Å². The Kier molecular flexibility index (Phi) is 6.70. The Balaban J connectivity index is 1.53. The number of halogens is 3. The molecule has 0 bridgehead atoms. The number of hydrogen-bond donors (Lipinski definition) is 1. The van der Waals surface area contributed by atoms with E-state index in [2.05, 4.69) is 22.3 Å². The standard InChI is InChI=1S/C26H26F3N3O/c1-19-6-5-9-21(16-19)25(33)30-23-17-22(26(27,28)29)10-11-24(23)32-14-12-31(13-15-32)18-20-7-3-2-4-8-20/h2-11,16-17H,12-15,18H2,1H3,(H,30,33). The van der Waals surface area contributed by atoms with E-state index >= 15 is 0 Å². The minimum Gasteiger partial charge on any atom is -0.367 e. The quantitative estimate of drug-likeness (QED) is 0.547. The summed E-state index contributed by atoms with van der Waals surface area (Å²) >= 11 is 0. The van der Waals surface area contributed by atoms with Gasteiger partial charge in [0.25, 0.3) is 5.91 Å². The number of alkyl halides is 3. The predicted octanol–water partition coefficient (Wildman–Crippen LogP) is 5.59. The highest BCUT2D eigenvalue weighted by Crippen LogP contribution is 2.36. The van der Waals surface area contributed by atoms with Gasteiger partial charge in [0.15, 0.2) is 0 Å². The van der Waals surface area contributed by atoms with E-state index in [1.807, 2.05) is 36.1 Å². The van der Waals surface area contributed by atoms with Gasteiger partial charge in [-0.2, -0.15) is 13.2 Å². The Morgan fingerprint density at radius 3 is 2.30 bits per heavy atom. The monoisotopic (exact) mass is 453 g/mol. The van der Waals surface area contributed by atoms with Gasteiger partial charge in [0, 0.05) is 38.3 Å². The van der Waals surface area contributed by atoms with Gasteiger partial charge in [-0.3, -0.25) is 9.69 Å². The molecule has 1 aliphatic rings. The van der Waals surface area contributed by atoms with Crippen LogP contribution in [-0.4, -0.2) is 37.0 Å². The first-order valence-corrected chi connectivity index (χ1v) is 10.9. The summed E-state index contributed by atoms with van der Waals surface area (Å²) in [5, 5.41) is 2.72. The average Bonchev–Trinajstić information content (AvgIpc) is 2.80. The van der Waals surface area contributed by atoms with Crippen LogP contribution in [0.3, 0.4) is 0 Å². The number of hydrogen-bond acceptors (Lipinski definition) is 3. The molecule has 0 aromatic heterocycles. The van der Waals surface area contributed by atoms with E-state index in [0.717, 1.165) is 37.3 Å². The fourth-order valence-electron chi connectivity index (χ4n) is 4.06. The topological polar surface area (TPSA) is 35.6 Å². The van der Waals surface area contributed by atoms with Crippen LogP contribution in [0.25, 0.3) is 0 Å². The van der Waals surface area contributed by atoms with E-state index in [9.17, 15) is 18.0 Å². The van der Waals surface area contributed by atoms with Crippen LogP contribution in [0, 0.1) is 6.92 Å². The Labute approximate surface area is 191 Å². The zero-order valence-corrected chi connectivity index (χ0v) is 18.4. The lowest BCUT2D eigenvalue weighted by molar-refractivity contribution is -0.137. The Morgan fingerprint density at radius 1 is 0.909 bits per heavy atom. The summed E-state index contributed by atoms with van der Waals surface area (Å²) in [6, 6.07) is 20.7. The summed E-state index contributed by atoms with van der Waals surface area (Å²) in [6.45, 7) is 5.57. The minimum atomic E-state index is -4.49. The third kappa shape index (κ3) is 5.73. The molecule has 7 heteroatoms. The zero-order valence-electron chi connectivity index (χ0n) is 18.4. The number of amides is 1. The van der Waals surface area contributed by atoms with Gasteiger partial charge in [-0.1, -0.05) is 48.0 Å². The smallest absolute Gasteiger partial charge is 0.367 e. The summed E-state index contributed by atoms with van der Waals surface area (Å²) in [4.78, 5) is 17.2. The van der Waals surface area contributed by atoms with Gasteiger partial charge in [0.05, 0.1) is 16.9 Å². The van der Waals surface area contributed by atoms with Crippen molar-refractivity contribution in [1.29, 1.82) is 0 Å². The van der Waals surface area contributed by atoms with E-state index in [1.54, 1.807) is 18.2 Å². The first kappa shape index (κ1) is 22.9. The van der Waals surface area contributed by atoms with Crippen molar-refractivity contribution in [2.75, 3.05) is 36.4 Å². The summed E-state index contributed by atoms with van der Waals surface area (Å²) in [7, 11) is 0. The molecule has 0 atom stereocenters. The predicted molar refractivity (Wildman–Crippen MR) is 125 cm³/mol. The van der Waals surface area contributed by atoms with E-state index in [1.165, 1.54) is 11.6 Å². The highest BCUT2D eigenvalue weighted by molar-refractivity contribution is 6.06. The number of benzene rings is 3. The molecule has 1 aliphatic heterocycles. The summed E-state index contributed by atoms with van der Waals surface area (Å²) in [5.41, 5.74) is 2.53. The SMILES string of the molecule is Cc1cccc(C(=O)Nc2cc(C(F)(F)F)ccc2N2CCN(Cc3ccccc3)CC2)c1. The summed E-state index contributed by atoms with van der Waals surface area (Å²) < 4.78 is 40.1. The molecule has 4 nitrogen and oxygen atoms in total. The molecule has 4 rings (SSSR count). The summed E-state index contributed by atoms with van der Waals surface area (Å²) in [6.07, 6.45) is -4.49. The van der Waals surface area contributed by atoms with Crippen LogP contribution < -0.4 is 10.2 Å². The molecule has 0 unspecified atom stereocenters. The molecule has 0 aliphatic carbocycles. The number of rotatable bonds is 5. The molecule has 33 heavy (non-hydrogen) atoms. The molecule has 0 radical (unpaired) electrons. The Hall–Kier alpha value is -3.32. The lowest BCUT2D eigenvalue weighted by atomic mass is 10.1. The second-order valence-electron chi connectivity index (χ2n) is 8.30. The Morgan fingerprint density at radius 2 is 1.64 bits per heavy atom. The molecule has 1 fully saturated rings. The molecule has 172 valence electrons. The van der Waals surface area contributed by atoms with Crippen molar-refractivity contribution in [2.24, 2.45) is 0 Å². The van der Waals surface area contributed by atoms with E-state index in [4.69, 9.17) is 0 Å². The number of nitrogens with one attached hydrogen (secondary N) is 1. The van der Waals surface area contributed by atoms with Crippen molar-refractivity contribution in [1.82, 2.24) is 4.90 Å². The fraction of sp³-hybridized carbons (Fsp3) is 0.269. The molecular weight excluding hydrogens is 427 g/mol. The van der Waals surface area contributed by atoms with Gasteiger partial charge in [-0.15, -0.1) is 0 Å². The molecule has 1 heterocycles. The van der Waals surface area contributed by atoms with Crippen LogP contribution in [0.15, 0.2) is 72.8 Å². The van der Waals surface area contributed by atoms with Crippen molar-refractivity contribution < 1.29 is 18.0 Å². The zero-order chi connectivity index (χ0) is 23.4. The van der Waals surface area contributed by atoms with Gasteiger partial charge in [-0.25, -0.2) is 0 Å². The van der Waals surface area contributed by atoms with Crippen molar-refractivity contribution in [3.8, 4) is 0 Å². The van der Waals surface area contributed by atoms with Crippen molar-refractivity contribution in [3.63, 3.8) is 0 Å². The van der Waals surface area contributed by atoms with E-state index < -0.39 is 17.6 Å². The Bertz CT molecular complexity index is 1110. The lowest BCUT2D eigenvalue weighted by Gasteiger charge is -2.37. The van der Waals surface area contributed by atoms with E-state index in [-0.39, 0.29) is 5.69 Å². The maximum atomic E-state index is 13.4. The number of aryl methyl sites for hydroxylation is 1. The molecular formula is C26H26F3N3O. The second kappa shape index (κ2) is 9.67. The number of carbonyl (C=O) groups excluding carboxylic acids is 1. The molecule has 1 saturated heterocycles. The average molecular weight is 454 g/mol. The van der Waals surface area contributed by atoms with Gasteiger partial charge in [0.2, 0.25) is 0 Å². The number of piperazine rings is 1. The van der Waals surface area contributed by atoms with Gasteiger partial charge < -0.3 is 10.2 Å². The van der Waals surface area contributed by atoms with Gasteiger partial charge >= 0.3 is 6.18 Å².